The van der Waals surface area contributed by atoms with Gasteiger partial charge in [-0.15, -0.1) is 0 Å². The highest BCUT2D eigenvalue weighted by molar-refractivity contribution is 7.09. The molecular formula is C27H31N5O6S. The molecule has 0 bridgehead atoms. The van der Waals surface area contributed by atoms with Gasteiger partial charge in [-0.3, -0.25) is 19.3 Å². The van der Waals surface area contributed by atoms with E-state index >= 15 is 0 Å². The van der Waals surface area contributed by atoms with E-state index in [0.717, 1.165) is 18.0 Å². The SMILES string of the molecule is CCOc1ccc([C@@H](C(=O)NCCC(C)C)N(C(=O)c2snc(C(N)=O)c2N)c2ccc3c(c2)OCO3)cc1. The summed E-state index contributed by atoms with van der Waals surface area (Å²) in [4.78, 5) is 41.1. The average molecular weight is 554 g/mol. The first-order valence-corrected chi connectivity index (χ1v) is 13.3. The van der Waals surface area contributed by atoms with Crippen LogP contribution >= 0.6 is 11.5 Å². The fraction of sp³-hybridized carbons (Fsp3) is 0.333. The Morgan fingerprint density at radius 3 is 2.49 bits per heavy atom. The Bertz CT molecular complexity index is 1360. The number of carbonyl (C=O) groups excluding carboxylic acids is 3. The van der Waals surface area contributed by atoms with E-state index in [1.807, 2.05) is 6.92 Å². The highest BCUT2D eigenvalue weighted by Crippen LogP contribution is 2.40. The number of nitrogen functional groups attached to an aromatic ring is 1. The second kappa shape index (κ2) is 12.0. The van der Waals surface area contributed by atoms with Crippen LogP contribution in [0.25, 0.3) is 0 Å². The van der Waals surface area contributed by atoms with Crippen LogP contribution in [-0.4, -0.2) is 42.0 Å². The number of nitrogens with two attached hydrogens (primary N) is 2. The predicted octanol–water partition coefficient (Wildman–Crippen LogP) is 3.50. The minimum Gasteiger partial charge on any atom is -0.494 e. The van der Waals surface area contributed by atoms with Crippen LogP contribution in [0.2, 0.25) is 0 Å². The van der Waals surface area contributed by atoms with Crippen molar-refractivity contribution in [2.75, 3.05) is 30.6 Å². The van der Waals surface area contributed by atoms with Gasteiger partial charge >= 0.3 is 0 Å². The lowest BCUT2D eigenvalue weighted by molar-refractivity contribution is -0.122. The van der Waals surface area contributed by atoms with E-state index in [2.05, 4.69) is 23.5 Å². The summed E-state index contributed by atoms with van der Waals surface area (Å²) in [5.74, 6) is 0.0405. The number of aromatic nitrogens is 1. The Labute approximate surface area is 230 Å². The number of hydrogen-bond donors (Lipinski definition) is 3. The number of fused-ring (bicyclic) bond motifs is 1. The number of ether oxygens (including phenoxy) is 3. The van der Waals surface area contributed by atoms with Crippen molar-refractivity contribution in [3.63, 3.8) is 0 Å². The Morgan fingerprint density at radius 2 is 1.85 bits per heavy atom. The molecular weight excluding hydrogens is 522 g/mol. The summed E-state index contributed by atoms with van der Waals surface area (Å²) in [5.41, 5.74) is 12.1. The zero-order valence-corrected chi connectivity index (χ0v) is 22.7. The van der Waals surface area contributed by atoms with Crippen molar-refractivity contribution >= 4 is 40.6 Å². The molecule has 206 valence electrons. The van der Waals surface area contributed by atoms with Crippen molar-refractivity contribution in [2.45, 2.75) is 33.2 Å². The van der Waals surface area contributed by atoms with Crippen LogP contribution in [0, 0.1) is 5.92 Å². The first-order chi connectivity index (χ1) is 18.7. The molecule has 0 unspecified atom stereocenters. The molecule has 0 radical (unpaired) electrons. The first kappa shape index (κ1) is 27.7. The molecule has 39 heavy (non-hydrogen) atoms. The molecule has 1 aliphatic heterocycles. The summed E-state index contributed by atoms with van der Waals surface area (Å²) in [7, 11) is 0. The molecule has 1 atom stereocenters. The summed E-state index contributed by atoms with van der Waals surface area (Å²) in [6.45, 7) is 6.92. The van der Waals surface area contributed by atoms with Crippen LogP contribution < -0.4 is 35.9 Å². The van der Waals surface area contributed by atoms with Crippen molar-refractivity contribution in [3.05, 3.63) is 58.6 Å². The standard InChI is InChI=1S/C27H31N5O6S/c1-4-36-18-8-5-16(6-9-18)23(26(34)30-12-11-15(2)3)32(17-7-10-19-20(13-17)38-14-37-19)27(35)24-21(28)22(25(29)33)31-39-24/h5-10,13,15,23H,4,11-12,14,28H2,1-3H3,(H2,29,33)(H,30,34)/t23-/m0/s1. The Kier molecular flexibility index (Phi) is 8.55. The van der Waals surface area contributed by atoms with E-state index in [-0.39, 0.29) is 23.1 Å². The molecule has 3 aromatic rings. The van der Waals surface area contributed by atoms with Gasteiger partial charge in [-0.2, -0.15) is 4.37 Å². The monoisotopic (exact) mass is 553 g/mol. The third-order valence-corrected chi connectivity index (χ3v) is 6.89. The number of amides is 3. The van der Waals surface area contributed by atoms with Gasteiger partial charge in [0.2, 0.25) is 12.7 Å². The molecule has 5 N–H and O–H groups in total. The third kappa shape index (κ3) is 6.06. The fourth-order valence-electron chi connectivity index (χ4n) is 4.07. The van der Waals surface area contributed by atoms with Gasteiger partial charge in [-0.1, -0.05) is 26.0 Å². The number of hydrogen-bond acceptors (Lipinski definition) is 9. The topological polar surface area (TPSA) is 159 Å². The van der Waals surface area contributed by atoms with E-state index in [1.165, 1.54) is 4.90 Å². The van der Waals surface area contributed by atoms with Gasteiger partial charge in [0.1, 0.15) is 16.7 Å². The molecule has 3 amide bonds. The third-order valence-electron chi connectivity index (χ3n) is 6.04. The molecule has 2 aromatic carbocycles. The van der Waals surface area contributed by atoms with Crippen molar-refractivity contribution in [3.8, 4) is 17.2 Å². The highest BCUT2D eigenvalue weighted by atomic mass is 32.1. The average Bonchev–Trinajstić information content (AvgIpc) is 3.53. The molecule has 1 aromatic heterocycles. The van der Waals surface area contributed by atoms with Gasteiger partial charge in [0.25, 0.3) is 11.8 Å². The van der Waals surface area contributed by atoms with Gasteiger partial charge in [-0.25, -0.2) is 0 Å². The number of anilines is 2. The highest BCUT2D eigenvalue weighted by Gasteiger charge is 2.36. The largest absolute Gasteiger partial charge is 0.494 e. The lowest BCUT2D eigenvalue weighted by Crippen LogP contribution is -2.44. The smallest absolute Gasteiger partial charge is 0.273 e. The number of nitrogens with zero attached hydrogens (tertiary/aromatic N) is 2. The maximum atomic E-state index is 14.2. The zero-order chi connectivity index (χ0) is 28.1. The minimum atomic E-state index is -1.11. The van der Waals surface area contributed by atoms with Crippen molar-refractivity contribution in [1.82, 2.24) is 9.69 Å². The normalized spacial score (nSPS) is 12.7. The van der Waals surface area contributed by atoms with Crippen molar-refractivity contribution in [2.24, 2.45) is 11.7 Å². The quantitative estimate of drug-likeness (QED) is 0.325. The molecule has 0 aliphatic carbocycles. The van der Waals surface area contributed by atoms with Gasteiger partial charge < -0.3 is 31.0 Å². The summed E-state index contributed by atoms with van der Waals surface area (Å²) in [6.07, 6.45) is 0.753. The summed E-state index contributed by atoms with van der Waals surface area (Å²) in [6, 6.07) is 10.8. The maximum absolute atomic E-state index is 14.2. The molecule has 0 fully saturated rings. The molecule has 2 heterocycles. The first-order valence-electron chi connectivity index (χ1n) is 12.5. The fourth-order valence-corrected chi connectivity index (χ4v) is 4.81. The number of rotatable bonds is 11. The summed E-state index contributed by atoms with van der Waals surface area (Å²) >= 11 is 0.741. The van der Waals surface area contributed by atoms with E-state index in [0.29, 0.717) is 47.6 Å². The van der Waals surface area contributed by atoms with Crippen LogP contribution in [0.5, 0.6) is 17.2 Å². The lowest BCUT2D eigenvalue weighted by Gasteiger charge is -2.31. The number of benzene rings is 2. The summed E-state index contributed by atoms with van der Waals surface area (Å²) in [5, 5.41) is 2.96. The number of nitrogens with one attached hydrogen (secondary N) is 1. The molecule has 4 rings (SSSR count). The maximum Gasteiger partial charge on any atom is 0.273 e. The van der Waals surface area contributed by atoms with Crippen LogP contribution in [0.1, 0.15) is 59.0 Å². The Balaban J connectivity index is 1.84. The summed E-state index contributed by atoms with van der Waals surface area (Å²) < 4.78 is 20.5. The van der Waals surface area contributed by atoms with Crippen LogP contribution in [0.3, 0.4) is 0 Å². The van der Waals surface area contributed by atoms with E-state index in [4.69, 9.17) is 25.7 Å². The molecule has 11 nitrogen and oxygen atoms in total. The predicted molar refractivity (Wildman–Crippen MR) is 147 cm³/mol. The van der Waals surface area contributed by atoms with E-state index in [9.17, 15) is 14.4 Å². The molecule has 1 aliphatic rings. The Morgan fingerprint density at radius 1 is 1.13 bits per heavy atom. The zero-order valence-electron chi connectivity index (χ0n) is 21.9. The number of carbonyl (C=O) groups is 3. The second-order valence-electron chi connectivity index (χ2n) is 9.23. The van der Waals surface area contributed by atoms with Gasteiger partial charge in [-0.05, 0) is 60.6 Å². The van der Waals surface area contributed by atoms with Crippen LogP contribution in [0.15, 0.2) is 42.5 Å². The lowest BCUT2D eigenvalue weighted by atomic mass is 10.0. The van der Waals surface area contributed by atoms with E-state index < -0.39 is 23.8 Å². The molecule has 0 saturated carbocycles. The minimum absolute atomic E-state index is 0.0209. The van der Waals surface area contributed by atoms with Gasteiger partial charge in [0.15, 0.2) is 17.2 Å². The molecule has 0 saturated heterocycles. The van der Waals surface area contributed by atoms with Crippen molar-refractivity contribution in [1.29, 1.82) is 0 Å². The molecule has 0 spiro atoms. The Hall–Kier alpha value is -4.32. The van der Waals surface area contributed by atoms with E-state index in [1.54, 1.807) is 42.5 Å². The van der Waals surface area contributed by atoms with Gasteiger partial charge in [0, 0.05) is 18.3 Å². The van der Waals surface area contributed by atoms with Crippen LogP contribution in [-0.2, 0) is 4.79 Å². The second-order valence-corrected chi connectivity index (χ2v) is 10.0. The van der Waals surface area contributed by atoms with Crippen LogP contribution in [0.4, 0.5) is 11.4 Å². The van der Waals surface area contributed by atoms with Crippen molar-refractivity contribution < 1.29 is 28.6 Å². The number of primary amides is 1. The molecule has 12 heteroatoms. The van der Waals surface area contributed by atoms with Gasteiger partial charge in [0.05, 0.1) is 12.3 Å².